The maximum absolute atomic E-state index is 12.3. The molecule has 0 bridgehead atoms. The molecule has 2 aromatic heterocycles. The van der Waals surface area contributed by atoms with E-state index in [1.807, 2.05) is 23.2 Å². The number of rotatable bonds is 5. The van der Waals surface area contributed by atoms with Crippen molar-refractivity contribution in [3.63, 3.8) is 0 Å². The highest BCUT2D eigenvalue weighted by molar-refractivity contribution is 5.77. The number of nitrogens with zero attached hydrogens (tertiary/aromatic N) is 5. The number of aromatic nitrogens is 3. The lowest BCUT2D eigenvalue weighted by atomic mass is 9.96. The van der Waals surface area contributed by atoms with Crippen LogP contribution in [0.2, 0.25) is 0 Å². The number of aryl methyl sites for hydroxylation is 1. The van der Waals surface area contributed by atoms with Crippen LogP contribution >= 0.6 is 0 Å². The lowest BCUT2D eigenvalue weighted by Crippen LogP contribution is -2.41. The molecule has 0 unspecified atom stereocenters. The fourth-order valence-corrected chi connectivity index (χ4v) is 4.36. The number of fused-ring (bicyclic) bond motifs is 1. The molecule has 4 heterocycles. The van der Waals surface area contributed by atoms with Gasteiger partial charge >= 0.3 is 0 Å². The first kappa shape index (κ1) is 19.8. The zero-order valence-corrected chi connectivity index (χ0v) is 17.3. The number of piperidine rings is 1. The highest BCUT2D eigenvalue weighted by atomic mass is 16.5. The van der Waals surface area contributed by atoms with E-state index in [0.717, 1.165) is 68.3 Å². The largest absolute Gasteiger partial charge is 0.375 e. The summed E-state index contributed by atoms with van der Waals surface area (Å²) < 4.78 is 5.03. The summed E-state index contributed by atoms with van der Waals surface area (Å²) in [6.45, 7) is 5.41. The van der Waals surface area contributed by atoms with Gasteiger partial charge in [0, 0.05) is 50.1 Å². The van der Waals surface area contributed by atoms with Crippen LogP contribution in [0.3, 0.4) is 0 Å². The monoisotopic (exact) mass is 395 g/mol. The van der Waals surface area contributed by atoms with Gasteiger partial charge in [0.2, 0.25) is 5.91 Å². The number of amides is 1. The summed E-state index contributed by atoms with van der Waals surface area (Å²) in [5.74, 6) is 2.13. The summed E-state index contributed by atoms with van der Waals surface area (Å²) in [7, 11) is 1.56. The number of likely N-dealkylation sites (tertiary alicyclic amines) is 1. The van der Waals surface area contributed by atoms with Gasteiger partial charge in [0.1, 0.15) is 18.2 Å². The molecule has 4 rings (SSSR count). The minimum absolute atomic E-state index is 0.0451. The van der Waals surface area contributed by atoms with E-state index in [1.165, 1.54) is 5.56 Å². The Morgan fingerprint density at radius 3 is 2.93 bits per heavy atom. The lowest BCUT2D eigenvalue weighted by molar-refractivity contribution is -0.136. The molecule has 0 aromatic carbocycles. The van der Waals surface area contributed by atoms with Gasteiger partial charge in [-0.3, -0.25) is 9.78 Å². The minimum atomic E-state index is 0.0451. The average molecular weight is 396 g/mol. The van der Waals surface area contributed by atoms with E-state index in [0.29, 0.717) is 6.54 Å². The summed E-state index contributed by atoms with van der Waals surface area (Å²) in [5.41, 5.74) is 3.36. The first-order valence-electron chi connectivity index (χ1n) is 10.4. The van der Waals surface area contributed by atoms with Crippen LogP contribution < -0.4 is 4.90 Å². The Kier molecular flexibility index (Phi) is 6.04. The van der Waals surface area contributed by atoms with E-state index in [9.17, 15) is 4.79 Å². The van der Waals surface area contributed by atoms with Crippen LogP contribution in [0.5, 0.6) is 0 Å². The zero-order valence-electron chi connectivity index (χ0n) is 17.3. The van der Waals surface area contributed by atoms with Gasteiger partial charge in [-0.2, -0.15) is 0 Å². The Bertz CT molecular complexity index is 858. The van der Waals surface area contributed by atoms with Crippen molar-refractivity contribution in [3.8, 4) is 0 Å². The molecular weight excluding hydrogens is 366 g/mol. The third-order valence-corrected chi connectivity index (χ3v) is 5.85. The van der Waals surface area contributed by atoms with Gasteiger partial charge in [-0.1, -0.05) is 6.07 Å². The standard InChI is InChI=1S/C22H29N5O2/c1-16-19-9-6-12-27(14-18-8-3-4-10-23-18)22(19)25-21(24-16)17-7-5-11-26(13-17)20(28)15-29-2/h3-4,8,10,17H,5-7,9,11-15H2,1-2H3/t17-/m0/s1. The molecule has 0 N–H and O–H groups in total. The number of methoxy groups -OCH3 is 1. The van der Waals surface area contributed by atoms with E-state index in [2.05, 4.69) is 22.9 Å². The van der Waals surface area contributed by atoms with E-state index < -0.39 is 0 Å². The van der Waals surface area contributed by atoms with Gasteiger partial charge in [0.25, 0.3) is 0 Å². The summed E-state index contributed by atoms with van der Waals surface area (Å²) in [6, 6.07) is 6.03. The fraction of sp³-hybridized carbons (Fsp3) is 0.545. The molecule has 1 fully saturated rings. The van der Waals surface area contributed by atoms with E-state index >= 15 is 0 Å². The zero-order chi connectivity index (χ0) is 20.2. The first-order valence-corrected chi connectivity index (χ1v) is 10.4. The summed E-state index contributed by atoms with van der Waals surface area (Å²) in [6.07, 6.45) is 5.94. The van der Waals surface area contributed by atoms with Crippen molar-refractivity contribution < 1.29 is 9.53 Å². The SMILES string of the molecule is COCC(=O)N1CCC[C@H](c2nc(C)c3c(n2)N(Cc2ccccn2)CCC3)C1. The van der Waals surface area contributed by atoms with Crippen LogP contribution in [0, 0.1) is 6.92 Å². The van der Waals surface area contributed by atoms with Crippen molar-refractivity contribution in [2.45, 2.75) is 45.1 Å². The molecular formula is C22H29N5O2. The second kappa shape index (κ2) is 8.86. The van der Waals surface area contributed by atoms with Crippen LogP contribution in [0.25, 0.3) is 0 Å². The second-order valence-electron chi connectivity index (χ2n) is 7.93. The predicted molar refractivity (Wildman–Crippen MR) is 111 cm³/mol. The third-order valence-electron chi connectivity index (χ3n) is 5.85. The van der Waals surface area contributed by atoms with Gasteiger partial charge in [0.05, 0.1) is 12.2 Å². The Morgan fingerprint density at radius 1 is 1.24 bits per heavy atom. The molecule has 2 aliphatic heterocycles. The Labute approximate surface area is 172 Å². The molecule has 2 aromatic rings. The van der Waals surface area contributed by atoms with Crippen molar-refractivity contribution in [3.05, 3.63) is 47.2 Å². The van der Waals surface area contributed by atoms with Gasteiger partial charge in [-0.05, 0) is 44.7 Å². The van der Waals surface area contributed by atoms with Crippen LogP contribution in [0.15, 0.2) is 24.4 Å². The number of ether oxygens (including phenoxy) is 1. The molecule has 7 nitrogen and oxygen atoms in total. The molecule has 29 heavy (non-hydrogen) atoms. The Hall–Kier alpha value is -2.54. The number of hydrogen-bond acceptors (Lipinski definition) is 6. The molecule has 1 saturated heterocycles. The van der Waals surface area contributed by atoms with Crippen molar-refractivity contribution in [2.24, 2.45) is 0 Å². The number of anilines is 1. The van der Waals surface area contributed by atoms with Gasteiger partial charge in [-0.15, -0.1) is 0 Å². The van der Waals surface area contributed by atoms with Gasteiger partial charge in [0.15, 0.2) is 0 Å². The molecule has 0 spiro atoms. The number of hydrogen-bond donors (Lipinski definition) is 0. The van der Waals surface area contributed by atoms with Crippen molar-refractivity contribution in [2.75, 3.05) is 38.3 Å². The Balaban J connectivity index is 1.59. The smallest absolute Gasteiger partial charge is 0.248 e. The van der Waals surface area contributed by atoms with Crippen molar-refractivity contribution in [1.82, 2.24) is 19.9 Å². The normalized spacial score (nSPS) is 19.2. The average Bonchev–Trinajstić information content (AvgIpc) is 2.75. The fourth-order valence-electron chi connectivity index (χ4n) is 4.36. The molecule has 7 heteroatoms. The summed E-state index contributed by atoms with van der Waals surface area (Å²) in [5, 5.41) is 0. The third kappa shape index (κ3) is 4.40. The van der Waals surface area contributed by atoms with E-state index in [-0.39, 0.29) is 18.4 Å². The van der Waals surface area contributed by atoms with Crippen molar-refractivity contribution in [1.29, 1.82) is 0 Å². The molecule has 0 radical (unpaired) electrons. The van der Waals surface area contributed by atoms with Gasteiger partial charge < -0.3 is 14.5 Å². The Morgan fingerprint density at radius 2 is 2.14 bits per heavy atom. The number of carbonyl (C=O) groups is 1. The lowest BCUT2D eigenvalue weighted by Gasteiger charge is -2.34. The van der Waals surface area contributed by atoms with Crippen LogP contribution in [-0.4, -0.2) is 59.1 Å². The molecule has 1 atom stereocenters. The number of carbonyl (C=O) groups excluding carboxylic acids is 1. The predicted octanol–water partition coefficient (Wildman–Crippen LogP) is 2.49. The molecule has 154 valence electrons. The molecule has 1 amide bonds. The first-order chi connectivity index (χ1) is 14.2. The topological polar surface area (TPSA) is 71.5 Å². The van der Waals surface area contributed by atoms with E-state index in [4.69, 9.17) is 14.7 Å². The minimum Gasteiger partial charge on any atom is -0.375 e. The summed E-state index contributed by atoms with van der Waals surface area (Å²) >= 11 is 0. The van der Waals surface area contributed by atoms with Gasteiger partial charge in [-0.25, -0.2) is 9.97 Å². The molecule has 2 aliphatic rings. The quantitative estimate of drug-likeness (QED) is 0.775. The highest BCUT2D eigenvalue weighted by Gasteiger charge is 2.29. The van der Waals surface area contributed by atoms with Crippen LogP contribution in [0.1, 0.15) is 48.0 Å². The molecule has 0 aliphatic carbocycles. The maximum atomic E-state index is 12.3. The number of pyridine rings is 1. The second-order valence-corrected chi connectivity index (χ2v) is 7.93. The molecule has 0 saturated carbocycles. The highest BCUT2D eigenvalue weighted by Crippen LogP contribution is 2.32. The summed E-state index contributed by atoms with van der Waals surface area (Å²) in [4.78, 5) is 30.9. The van der Waals surface area contributed by atoms with Crippen molar-refractivity contribution >= 4 is 11.7 Å². The van der Waals surface area contributed by atoms with Crippen LogP contribution in [-0.2, 0) is 22.5 Å². The van der Waals surface area contributed by atoms with Crippen LogP contribution in [0.4, 0.5) is 5.82 Å². The maximum Gasteiger partial charge on any atom is 0.248 e. The van der Waals surface area contributed by atoms with E-state index in [1.54, 1.807) is 7.11 Å².